The summed E-state index contributed by atoms with van der Waals surface area (Å²) in [7, 11) is 0. The van der Waals surface area contributed by atoms with Crippen LogP contribution in [-0.2, 0) is 27.7 Å². The molecule has 0 unspecified atom stereocenters. The summed E-state index contributed by atoms with van der Waals surface area (Å²) in [6, 6.07) is 22.1. The van der Waals surface area contributed by atoms with Crippen LogP contribution in [0.5, 0.6) is 0 Å². The number of oxime groups is 2. The molecule has 9 nitrogen and oxygen atoms in total. The van der Waals surface area contributed by atoms with Crippen LogP contribution in [0.3, 0.4) is 0 Å². The van der Waals surface area contributed by atoms with Crippen LogP contribution < -0.4 is 4.90 Å². The molecule has 0 radical (unpaired) electrons. The number of piperidine rings is 1. The Morgan fingerprint density at radius 2 is 1.26 bits per heavy atom. The van der Waals surface area contributed by atoms with E-state index in [9.17, 15) is 14.9 Å². The van der Waals surface area contributed by atoms with E-state index < -0.39 is 16.8 Å². The molecule has 0 aliphatic carbocycles. The van der Waals surface area contributed by atoms with Crippen LogP contribution >= 0.6 is 0 Å². The first kappa shape index (κ1) is 26.5. The van der Waals surface area contributed by atoms with Crippen molar-refractivity contribution in [2.75, 3.05) is 18.0 Å². The van der Waals surface area contributed by atoms with Crippen molar-refractivity contribution in [2.24, 2.45) is 22.1 Å². The van der Waals surface area contributed by atoms with Gasteiger partial charge in [-0.1, -0.05) is 70.0 Å². The van der Waals surface area contributed by atoms with Crippen LogP contribution in [0.2, 0.25) is 0 Å². The normalized spacial score (nSPS) is 17.7. The van der Waals surface area contributed by atoms with Crippen molar-refractivity contribution < 1.29 is 19.4 Å². The lowest BCUT2D eigenvalue weighted by atomic mass is 9.88. The average Bonchev–Trinajstić information content (AvgIpc) is 2.92. The number of nitro benzene ring substituents is 1. The van der Waals surface area contributed by atoms with Crippen molar-refractivity contribution in [2.45, 2.75) is 27.1 Å². The van der Waals surface area contributed by atoms with Gasteiger partial charge < -0.3 is 14.6 Å². The van der Waals surface area contributed by atoms with E-state index in [0.717, 1.165) is 27.9 Å². The van der Waals surface area contributed by atoms with Gasteiger partial charge in [-0.3, -0.25) is 14.9 Å². The molecule has 0 spiro atoms. The van der Waals surface area contributed by atoms with Crippen LogP contribution in [0.4, 0.5) is 11.4 Å². The Morgan fingerprint density at radius 3 is 1.68 bits per heavy atom. The fourth-order valence-electron chi connectivity index (χ4n) is 4.07. The van der Waals surface area contributed by atoms with Crippen LogP contribution in [0.1, 0.15) is 22.3 Å². The highest BCUT2D eigenvalue weighted by atomic mass is 16.6. The topological polar surface area (TPSA) is 107 Å². The molecule has 1 heterocycles. The predicted molar refractivity (Wildman–Crippen MR) is 146 cm³/mol. The Bertz CT molecular complexity index is 1220. The second-order valence-electron chi connectivity index (χ2n) is 9.32. The molecule has 1 aliphatic rings. The molecule has 3 aromatic carbocycles. The van der Waals surface area contributed by atoms with Gasteiger partial charge in [-0.2, -0.15) is 0 Å². The first-order chi connectivity index (χ1) is 18.4. The Labute approximate surface area is 221 Å². The molecule has 0 N–H and O–H groups in total. The molecule has 9 heteroatoms. The summed E-state index contributed by atoms with van der Waals surface area (Å²) < 4.78 is 0. The summed E-state index contributed by atoms with van der Waals surface area (Å²) >= 11 is 0. The van der Waals surface area contributed by atoms with Crippen molar-refractivity contribution in [1.29, 1.82) is 0 Å². The summed E-state index contributed by atoms with van der Waals surface area (Å²) in [6.45, 7) is 5.34. The Kier molecular flexibility index (Phi) is 8.81. The number of hydrogen-bond acceptors (Lipinski definition) is 8. The van der Waals surface area contributed by atoms with Gasteiger partial charge in [-0.15, -0.1) is 0 Å². The third kappa shape index (κ3) is 7.25. The second-order valence-corrected chi connectivity index (χ2v) is 9.32. The first-order valence-corrected chi connectivity index (χ1v) is 12.3. The number of nitro groups is 1. The van der Waals surface area contributed by atoms with Gasteiger partial charge in [0.2, 0.25) is 0 Å². The van der Waals surface area contributed by atoms with Gasteiger partial charge in [-0.05, 0) is 37.1 Å². The number of carbonyl (C=O) groups is 1. The predicted octanol–water partition coefficient (Wildman–Crippen LogP) is 5.24. The number of carbonyl (C=O) groups excluding carboxylic acids is 1. The molecule has 0 aromatic heterocycles. The fourth-order valence-corrected chi connectivity index (χ4v) is 4.07. The lowest BCUT2D eigenvalue weighted by Gasteiger charge is -2.35. The summed E-state index contributed by atoms with van der Waals surface area (Å²) in [5.74, 6) is -1.15. The monoisotopic (exact) mass is 514 g/mol. The maximum atomic E-state index is 13.2. The summed E-state index contributed by atoms with van der Waals surface area (Å²) in [5.41, 5.74) is 5.05. The van der Waals surface area contributed by atoms with E-state index in [2.05, 4.69) is 10.3 Å². The molecule has 2 atom stereocenters. The van der Waals surface area contributed by atoms with E-state index in [1.54, 1.807) is 12.1 Å². The number of nitrogens with zero attached hydrogens (tertiary/aromatic N) is 4. The Balaban J connectivity index is 1.43. The van der Waals surface area contributed by atoms with Crippen LogP contribution in [0, 0.1) is 35.8 Å². The highest BCUT2D eigenvalue weighted by Gasteiger charge is 2.34. The minimum absolute atomic E-state index is 0.00655. The maximum Gasteiger partial charge on any atom is 0.269 e. The van der Waals surface area contributed by atoms with E-state index >= 15 is 0 Å². The van der Waals surface area contributed by atoms with E-state index in [1.165, 1.54) is 24.6 Å². The van der Waals surface area contributed by atoms with Crippen molar-refractivity contribution in [1.82, 2.24) is 0 Å². The molecular weight excluding hydrogens is 484 g/mol. The standard InChI is InChI=1S/C29H30N4O5/c1-21-3-7-23(8-4-21)19-37-30-15-25-17-32(27-11-13-28(14-12-27)33(35)36)18-26(29(25)34)16-31-38-20-24-9-5-22(2)6-10-24/h3-16,25-26H,17-20H2,1-2H3/b30-15-,31-16+/t25-,26-/m0/s1. The Morgan fingerprint density at radius 1 is 0.816 bits per heavy atom. The van der Waals surface area contributed by atoms with Crippen LogP contribution in [-0.4, -0.2) is 36.2 Å². The minimum atomic E-state index is -0.550. The van der Waals surface area contributed by atoms with Gasteiger partial charge in [0.25, 0.3) is 5.69 Å². The molecule has 196 valence electrons. The quantitative estimate of drug-likeness (QED) is 0.208. The number of benzene rings is 3. The summed E-state index contributed by atoms with van der Waals surface area (Å²) in [6.07, 6.45) is 3.03. The molecular formula is C29H30N4O5. The maximum absolute atomic E-state index is 13.2. The molecule has 38 heavy (non-hydrogen) atoms. The van der Waals surface area contributed by atoms with Gasteiger partial charge in [0, 0.05) is 30.9 Å². The fraction of sp³-hybridized carbons (Fsp3) is 0.276. The molecule has 1 fully saturated rings. The number of Topliss-reactive ketones (excluding diaryl/α,β-unsaturated/α-hetero) is 1. The number of anilines is 1. The van der Waals surface area contributed by atoms with E-state index in [1.807, 2.05) is 67.3 Å². The highest BCUT2D eigenvalue weighted by molar-refractivity contribution is 6.05. The smallest absolute Gasteiger partial charge is 0.269 e. The second kappa shape index (κ2) is 12.6. The molecule has 0 bridgehead atoms. The zero-order valence-corrected chi connectivity index (χ0v) is 21.4. The van der Waals surface area contributed by atoms with Crippen LogP contribution in [0.25, 0.3) is 0 Å². The van der Waals surface area contributed by atoms with E-state index in [4.69, 9.17) is 9.68 Å². The molecule has 0 saturated carbocycles. The first-order valence-electron chi connectivity index (χ1n) is 12.3. The van der Waals surface area contributed by atoms with E-state index in [0.29, 0.717) is 26.3 Å². The molecule has 0 amide bonds. The van der Waals surface area contributed by atoms with E-state index in [-0.39, 0.29) is 11.5 Å². The molecule has 1 saturated heterocycles. The third-order valence-corrected chi connectivity index (χ3v) is 6.33. The third-order valence-electron chi connectivity index (χ3n) is 6.33. The zero-order chi connectivity index (χ0) is 26.9. The molecule has 1 aliphatic heterocycles. The van der Waals surface area contributed by atoms with Gasteiger partial charge in [0.05, 0.1) is 29.2 Å². The number of aryl methyl sites for hydroxylation is 2. The molecule has 4 rings (SSSR count). The average molecular weight is 515 g/mol. The number of ketones is 1. The number of rotatable bonds is 10. The van der Waals surface area contributed by atoms with Gasteiger partial charge in [0.1, 0.15) is 13.2 Å². The lowest BCUT2D eigenvalue weighted by Crippen LogP contribution is -2.48. The van der Waals surface area contributed by atoms with Crippen LogP contribution in [0.15, 0.2) is 83.1 Å². The van der Waals surface area contributed by atoms with Gasteiger partial charge in [-0.25, -0.2) is 0 Å². The number of hydrogen-bond donors (Lipinski definition) is 0. The van der Waals surface area contributed by atoms with Gasteiger partial charge in [0.15, 0.2) is 5.78 Å². The summed E-state index contributed by atoms with van der Waals surface area (Å²) in [4.78, 5) is 36.7. The Hall–Kier alpha value is -4.53. The number of non-ortho nitro benzene ring substituents is 1. The highest BCUT2D eigenvalue weighted by Crippen LogP contribution is 2.25. The largest absolute Gasteiger partial charge is 0.391 e. The van der Waals surface area contributed by atoms with Crippen molar-refractivity contribution in [3.05, 3.63) is 105 Å². The minimum Gasteiger partial charge on any atom is -0.391 e. The molecule has 3 aromatic rings. The lowest BCUT2D eigenvalue weighted by molar-refractivity contribution is -0.384. The van der Waals surface area contributed by atoms with Gasteiger partial charge >= 0.3 is 0 Å². The van der Waals surface area contributed by atoms with Crippen molar-refractivity contribution >= 4 is 29.6 Å². The SMILES string of the molecule is Cc1ccc(CO/N=C\[C@H]2CN(c3ccc([N+](=O)[O-])cc3)C[C@H](/C=N/OCc3ccc(C)cc3)C2=O)cc1. The van der Waals surface area contributed by atoms with Crippen molar-refractivity contribution in [3.8, 4) is 0 Å². The summed E-state index contributed by atoms with van der Waals surface area (Å²) in [5, 5.41) is 19.2. The van der Waals surface area contributed by atoms with Crippen molar-refractivity contribution in [3.63, 3.8) is 0 Å². The zero-order valence-electron chi connectivity index (χ0n) is 21.4.